The van der Waals surface area contributed by atoms with Crippen molar-refractivity contribution in [2.45, 2.75) is 19.4 Å². The van der Waals surface area contributed by atoms with E-state index in [9.17, 15) is 14.7 Å². The number of hydrogen-bond donors (Lipinski definition) is 3. The summed E-state index contributed by atoms with van der Waals surface area (Å²) in [6.45, 7) is 2.19. The quantitative estimate of drug-likeness (QED) is 0.738. The molecule has 0 spiro atoms. The van der Waals surface area contributed by atoms with Crippen LogP contribution in [0.25, 0.3) is 0 Å². The highest BCUT2D eigenvalue weighted by Gasteiger charge is 2.16. The number of rotatable bonds is 5. The number of carbonyl (C=O) groups excluding carboxylic acids is 2. The van der Waals surface area contributed by atoms with Crippen LogP contribution in [-0.2, 0) is 16.0 Å². The van der Waals surface area contributed by atoms with Crippen LogP contribution in [-0.4, -0.2) is 23.5 Å². The van der Waals surface area contributed by atoms with Gasteiger partial charge in [0.1, 0.15) is 5.75 Å². The topological polar surface area (TPSA) is 78.4 Å². The lowest BCUT2D eigenvalue weighted by Gasteiger charge is -2.14. The zero-order valence-electron chi connectivity index (χ0n) is 13.0. The molecule has 0 saturated heterocycles. The number of aromatic hydroxyl groups is 1. The molecule has 2 amide bonds. The maximum atomic E-state index is 11.9. The molecule has 0 aliphatic heterocycles. The molecule has 3 N–H and O–H groups in total. The Morgan fingerprint density at radius 3 is 2.30 bits per heavy atom. The minimum Gasteiger partial charge on any atom is -0.508 e. The smallest absolute Gasteiger partial charge is 0.309 e. The predicted octanol–water partition coefficient (Wildman–Crippen LogP) is 1.93. The molecule has 2 aromatic carbocycles. The molecule has 0 aliphatic rings. The summed E-state index contributed by atoms with van der Waals surface area (Å²) in [5.41, 5.74) is 1.92. The first-order chi connectivity index (χ1) is 11.1. The third-order valence-corrected chi connectivity index (χ3v) is 3.49. The number of carbonyl (C=O) groups is 2. The van der Waals surface area contributed by atoms with Gasteiger partial charge in [0.25, 0.3) is 0 Å². The molecule has 1 unspecified atom stereocenters. The number of phenolic OH excluding ortho intramolecular Hbond substituents is 1. The molecule has 23 heavy (non-hydrogen) atoms. The molecule has 2 rings (SSSR count). The van der Waals surface area contributed by atoms with Gasteiger partial charge in [0.2, 0.25) is 0 Å². The van der Waals surface area contributed by atoms with Gasteiger partial charge in [-0.2, -0.15) is 0 Å². The molecule has 0 radical (unpaired) electrons. The molecular weight excluding hydrogens is 292 g/mol. The average Bonchev–Trinajstić information content (AvgIpc) is 2.57. The largest absolute Gasteiger partial charge is 0.508 e. The van der Waals surface area contributed by atoms with Crippen molar-refractivity contribution in [1.29, 1.82) is 0 Å². The van der Waals surface area contributed by atoms with Crippen molar-refractivity contribution in [3.05, 3.63) is 65.7 Å². The number of phenols is 1. The second-order valence-corrected chi connectivity index (χ2v) is 5.28. The van der Waals surface area contributed by atoms with Gasteiger partial charge < -0.3 is 15.7 Å². The van der Waals surface area contributed by atoms with Crippen molar-refractivity contribution in [3.63, 3.8) is 0 Å². The van der Waals surface area contributed by atoms with Gasteiger partial charge in [-0.15, -0.1) is 0 Å². The summed E-state index contributed by atoms with van der Waals surface area (Å²) in [6, 6.07) is 16.0. The standard InChI is InChI=1S/C18H20N2O3/c1-13(15-5-3-2-4-6-15)20-18(23)17(22)19-12-11-14-7-9-16(21)10-8-14/h2-10,13,21H,11-12H2,1H3,(H,19,22)(H,20,23). The molecule has 0 aromatic heterocycles. The molecule has 2 aromatic rings. The van der Waals surface area contributed by atoms with E-state index in [0.717, 1.165) is 11.1 Å². The Bertz CT molecular complexity index is 654. The second kappa shape index (κ2) is 7.98. The number of nitrogens with one attached hydrogen (secondary N) is 2. The van der Waals surface area contributed by atoms with Crippen molar-refractivity contribution in [3.8, 4) is 5.75 Å². The maximum absolute atomic E-state index is 11.9. The van der Waals surface area contributed by atoms with Crippen molar-refractivity contribution in [2.75, 3.05) is 6.54 Å². The van der Waals surface area contributed by atoms with Crippen LogP contribution < -0.4 is 10.6 Å². The summed E-state index contributed by atoms with van der Waals surface area (Å²) in [5, 5.41) is 14.5. The van der Waals surface area contributed by atoms with Gasteiger partial charge in [-0.25, -0.2) is 0 Å². The molecule has 1 atom stereocenters. The molecule has 0 saturated carbocycles. The molecule has 5 nitrogen and oxygen atoms in total. The number of benzene rings is 2. The van der Waals surface area contributed by atoms with Gasteiger partial charge in [0.05, 0.1) is 6.04 Å². The summed E-state index contributed by atoms with van der Waals surface area (Å²) >= 11 is 0. The first-order valence-electron chi connectivity index (χ1n) is 7.48. The van der Waals surface area contributed by atoms with E-state index in [2.05, 4.69) is 10.6 Å². The lowest BCUT2D eigenvalue weighted by molar-refractivity contribution is -0.139. The van der Waals surface area contributed by atoms with E-state index >= 15 is 0 Å². The van der Waals surface area contributed by atoms with Crippen LogP contribution in [0, 0.1) is 0 Å². The Kier molecular flexibility index (Phi) is 5.74. The van der Waals surface area contributed by atoms with Crippen molar-refractivity contribution < 1.29 is 14.7 Å². The van der Waals surface area contributed by atoms with Crippen LogP contribution in [0.1, 0.15) is 24.1 Å². The first kappa shape index (κ1) is 16.5. The van der Waals surface area contributed by atoms with Gasteiger partial charge in [-0.1, -0.05) is 42.5 Å². The zero-order chi connectivity index (χ0) is 16.7. The Balaban J connectivity index is 1.76. The van der Waals surface area contributed by atoms with E-state index in [0.29, 0.717) is 13.0 Å². The van der Waals surface area contributed by atoms with E-state index in [-0.39, 0.29) is 11.8 Å². The van der Waals surface area contributed by atoms with Crippen LogP contribution in [0.3, 0.4) is 0 Å². The van der Waals surface area contributed by atoms with Crippen molar-refractivity contribution in [2.24, 2.45) is 0 Å². The van der Waals surface area contributed by atoms with Crippen LogP contribution in [0.4, 0.5) is 0 Å². The van der Waals surface area contributed by atoms with Crippen LogP contribution >= 0.6 is 0 Å². The highest BCUT2D eigenvalue weighted by molar-refractivity contribution is 6.35. The summed E-state index contributed by atoms with van der Waals surface area (Å²) in [4.78, 5) is 23.6. The highest BCUT2D eigenvalue weighted by atomic mass is 16.3. The lowest BCUT2D eigenvalue weighted by atomic mass is 10.1. The van der Waals surface area contributed by atoms with E-state index in [1.165, 1.54) is 0 Å². The second-order valence-electron chi connectivity index (χ2n) is 5.28. The van der Waals surface area contributed by atoms with Crippen LogP contribution in [0.5, 0.6) is 5.75 Å². The fourth-order valence-electron chi connectivity index (χ4n) is 2.15. The molecule has 120 valence electrons. The first-order valence-corrected chi connectivity index (χ1v) is 7.48. The Hall–Kier alpha value is -2.82. The van der Waals surface area contributed by atoms with Crippen molar-refractivity contribution in [1.82, 2.24) is 10.6 Å². The van der Waals surface area contributed by atoms with Gasteiger partial charge in [0.15, 0.2) is 0 Å². The zero-order valence-corrected chi connectivity index (χ0v) is 13.0. The summed E-state index contributed by atoms with van der Waals surface area (Å²) in [6.07, 6.45) is 0.591. The Labute approximate surface area is 135 Å². The highest BCUT2D eigenvalue weighted by Crippen LogP contribution is 2.11. The van der Waals surface area contributed by atoms with Gasteiger partial charge in [0, 0.05) is 6.54 Å². The van der Waals surface area contributed by atoms with Gasteiger partial charge >= 0.3 is 11.8 Å². The fraction of sp³-hybridized carbons (Fsp3) is 0.222. The third-order valence-electron chi connectivity index (χ3n) is 3.49. The van der Waals surface area contributed by atoms with Gasteiger partial charge in [-0.05, 0) is 36.6 Å². The Morgan fingerprint density at radius 2 is 1.65 bits per heavy atom. The fourth-order valence-corrected chi connectivity index (χ4v) is 2.15. The molecule has 0 aliphatic carbocycles. The summed E-state index contributed by atoms with van der Waals surface area (Å²) in [7, 11) is 0. The maximum Gasteiger partial charge on any atom is 0.309 e. The van der Waals surface area contributed by atoms with Crippen LogP contribution in [0.2, 0.25) is 0 Å². The minimum atomic E-state index is -0.647. The minimum absolute atomic E-state index is 0.201. The lowest BCUT2D eigenvalue weighted by Crippen LogP contribution is -2.41. The predicted molar refractivity (Wildman–Crippen MR) is 87.8 cm³/mol. The molecule has 0 bridgehead atoms. The summed E-state index contributed by atoms with van der Waals surface area (Å²) < 4.78 is 0. The van der Waals surface area contributed by atoms with E-state index in [1.54, 1.807) is 24.3 Å². The normalized spacial score (nSPS) is 11.5. The monoisotopic (exact) mass is 312 g/mol. The molecule has 0 heterocycles. The number of amides is 2. The summed E-state index contributed by atoms with van der Waals surface area (Å²) in [5.74, 6) is -1.09. The third kappa shape index (κ3) is 5.14. The van der Waals surface area contributed by atoms with E-state index in [4.69, 9.17) is 0 Å². The molecule has 0 fully saturated rings. The van der Waals surface area contributed by atoms with Gasteiger partial charge in [-0.3, -0.25) is 9.59 Å². The molecule has 5 heteroatoms. The van der Waals surface area contributed by atoms with E-state index < -0.39 is 11.8 Å². The van der Waals surface area contributed by atoms with Crippen molar-refractivity contribution >= 4 is 11.8 Å². The molecular formula is C18H20N2O3. The Morgan fingerprint density at radius 1 is 1.00 bits per heavy atom. The van der Waals surface area contributed by atoms with E-state index in [1.807, 2.05) is 37.3 Å². The average molecular weight is 312 g/mol. The number of hydrogen-bond acceptors (Lipinski definition) is 3. The van der Waals surface area contributed by atoms with Crippen LogP contribution in [0.15, 0.2) is 54.6 Å². The SMILES string of the molecule is CC(NC(=O)C(=O)NCCc1ccc(O)cc1)c1ccccc1.